The van der Waals surface area contributed by atoms with E-state index in [1.807, 2.05) is 4.98 Å². The van der Waals surface area contributed by atoms with Gasteiger partial charge in [0.1, 0.15) is 0 Å². The lowest BCUT2D eigenvalue weighted by molar-refractivity contribution is 0.145. The van der Waals surface area contributed by atoms with E-state index in [-0.39, 0.29) is 12.1 Å². The van der Waals surface area contributed by atoms with Crippen molar-refractivity contribution in [3.63, 3.8) is 0 Å². The number of nitriles is 1. The molecule has 1 aromatic heterocycles. The SMILES string of the molecule is N#CCc1cc(C(F)F)c(F)c(=O)[nH]1. The molecule has 1 heterocycles. The van der Waals surface area contributed by atoms with E-state index in [1.165, 1.54) is 0 Å². The monoisotopic (exact) mass is 202 g/mol. The summed E-state index contributed by atoms with van der Waals surface area (Å²) in [6.07, 6.45) is -3.30. The largest absolute Gasteiger partial charge is 0.323 e. The van der Waals surface area contributed by atoms with Gasteiger partial charge in [-0.05, 0) is 6.07 Å². The predicted octanol–water partition coefficient (Wildman–Crippen LogP) is 1.52. The molecule has 0 saturated carbocycles. The van der Waals surface area contributed by atoms with E-state index < -0.39 is 23.4 Å². The molecular weight excluding hydrogens is 197 g/mol. The van der Waals surface area contributed by atoms with E-state index in [0.29, 0.717) is 0 Å². The zero-order valence-electron chi connectivity index (χ0n) is 6.85. The summed E-state index contributed by atoms with van der Waals surface area (Å²) in [4.78, 5) is 12.8. The fraction of sp³-hybridized carbons (Fsp3) is 0.250. The standard InChI is InChI=1S/C8H5F3N2O/c9-6-5(7(10)11)3-4(1-2-12)13-8(6)14/h3,7H,1H2,(H,13,14). The minimum atomic E-state index is -3.06. The minimum absolute atomic E-state index is 0.0193. The van der Waals surface area contributed by atoms with Crippen molar-refractivity contribution in [2.45, 2.75) is 12.8 Å². The Balaban J connectivity index is 3.30. The van der Waals surface area contributed by atoms with Gasteiger partial charge in [-0.2, -0.15) is 5.26 Å². The van der Waals surface area contributed by atoms with E-state index in [2.05, 4.69) is 0 Å². The van der Waals surface area contributed by atoms with Crippen molar-refractivity contribution in [3.05, 3.63) is 33.5 Å². The molecule has 0 bridgehead atoms. The number of halogens is 3. The van der Waals surface area contributed by atoms with Crippen LogP contribution in [0.1, 0.15) is 17.7 Å². The molecule has 74 valence electrons. The van der Waals surface area contributed by atoms with E-state index >= 15 is 0 Å². The van der Waals surface area contributed by atoms with Gasteiger partial charge < -0.3 is 4.98 Å². The van der Waals surface area contributed by atoms with Crippen LogP contribution in [-0.4, -0.2) is 4.98 Å². The Labute approximate surface area is 76.8 Å². The molecule has 1 N–H and O–H groups in total. The van der Waals surface area contributed by atoms with Crippen LogP contribution in [0.3, 0.4) is 0 Å². The Morgan fingerprint density at radius 2 is 2.21 bits per heavy atom. The lowest BCUT2D eigenvalue weighted by atomic mass is 10.2. The summed E-state index contributed by atoms with van der Waals surface area (Å²) in [5.74, 6) is -1.50. The van der Waals surface area contributed by atoms with Gasteiger partial charge in [-0.15, -0.1) is 0 Å². The van der Waals surface area contributed by atoms with E-state index in [1.54, 1.807) is 6.07 Å². The molecule has 3 nitrogen and oxygen atoms in total. The maximum absolute atomic E-state index is 12.8. The molecule has 1 aromatic rings. The molecule has 14 heavy (non-hydrogen) atoms. The molecule has 0 atom stereocenters. The fourth-order valence-electron chi connectivity index (χ4n) is 0.958. The molecule has 0 aromatic carbocycles. The van der Waals surface area contributed by atoms with Crippen molar-refractivity contribution >= 4 is 0 Å². The molecule has 0 aliphatic rings. The van der Waals surface area contributed by atoms with Gasteiger partial charge in [-0.3, -0.25) is 4.79 Å². The van der Waals surface area contributed by atoms with Crippen molar-refractivity contribution < 1.29 is 13.2 Å². The number of rotatable bonds is 2. The number of nitrogens with one attached hydrogen (secondary N) is 1. The third-order valence-electron chi connectivity index (χ3n) is 1.56. The zero-order valence-corrected chi connectivity index (χ0v) is 6.85. The topological polar surface area (TPSA) is 56.6 Å². The Bertz CT molecular complexity index is 433. The first kappa shape index (κ1) is 10.3. The van der Waals surface area contributed by atoms with Crippen LogP contribution in [0.15, 0.2) is 10.9 Å². The smallest absolute Gasteiger partial charge is 0.284 e. The van der Waals surface area contributed by atoms with Gasteiger partial charge >= 0.3 is 0 Å². The number of aromatic amines is 1. The van der Waals surface area contributed by atoms with Gasteiger partial charge in [-0.1, -0.05) is 0 Å². The number of nitrogens with zero attached hydrogens (tertiary/aromatic N) is 1. The highest BCUT2D eigenvalue weighted by Gasteiger charge is 2.17. The quantitative estimate of drug-likeness (QED) is 0.790. The van der Waals surface area contributed by atoms with Crippen LogP contribution in [0.2, 0.25) is 0 Å². The van der Waals surface area contributed by atoms with Crippen LogP contribution in [0.25, 0.3) is 0 Å². The highest BCUT2D eigenvalue weighted by Crippen LogP contribution is 2.20. The van der Waals surface area contributed by atoms with Crippen molar-refractivity contribution in [2.75, 3.05) is 0 Å². The van der Waals surface area contributed by atoms with E-state index in [4.69, 9.17) is 5.26 Å². The summed E-state index contributed by atoms with van der Waals surface area (Å²) in [5.41, 5.74) is -2.22. The molecule has 0 saturated heterocycles. The average molecular weight is 202 g/mol. The molecule has 0 fully saturated rings. The highest BCUT2D eigenvalue weighted by atomic mass is 19.3. The molecule has 0 aliphatic carbocycles. The summed E-state index contributed by atoms with van der Waals surface area (Å²) in [6, 6.07) is 2.44. The van der Waals surface area contributed by atoms with Crippen molar-refractivity contribution in [1.29, 1.82) is 5.26 Å². The lowest BCUT2D eigenvalue weighted by Crippen LogP contribution is -2.16. The average Bonchev–Trinajstić information content (AvgIpc) is 2.11. The first-order valence-corrected chi connectivity index (χ1v) is 3.63. The molecule has 0 spiro atoms. The molecule has 1 rings (SSSR count). The second-order valence-corrected chi connectivity index (χ2v) is 2.53. The summed E-state index contributed by atoms with van der Waals surface area (Å²) < 4.78 is 37.1. The Kier molecular flexibility index (Phi) is 2.92. The summed E-state index contributed by atoms with van der Waals surface area (Å²) >= 11 is 0. The van der Waals surface area contributed by atoms with Gasteiger partial charge in [0.2, 0.25) is 0 Å². The lowest BCUT2D eigenvalue weighted by Gasteiger charge is -2.02. The molecule has 0 aliphatic heterocycles. The molecule has 6 heteroatoms. The minimum Gasteiger partial charge on any atom is -0.323 e. The van der Waals surface area contributed by atoms with Crippen LogP contribution in [-0.2, 0) is 6.42 Å². The Hall–Kier alpha value is -1.77. The molecular formula is C8H5F3N2O. The van der Waals surface area contributed by atoms with E-state index in [9.17, 15) is 18.0 Å². The molecule has 0 amide bonds. The van der Waals surface area contributed by atoms with Crippen LogP contribution in [0, 0.1) is 17.1 Å². The maximum atomic E-state index is 12.8. The fourth-order valence-corrected chi connectivity index (χ4v) is 0.958. The van der Waals surface area contributed by atoms with Crippen LogP contribution in [0.4, 0.5) is 13.2 Å². The third-order valence-corrected chi connectivity index (χ3v) is 1.56. The predicted molar refractivity (Wildman–Crippen MR) is 41.3 cm³/mol. The van der Waals surface area contributed by atoms with Gasteiger partial charge in [0.15, 0.2) is 5.82 Å². The first-order chi connectivity index (χ1) is 6.56. The van der Waals surface area contributed by atoms with Gasteiger partial charge in [-0.25, -0.2) is 13.2 Å². The number of aromatic nitrogens is 1. The normalized spacial score (nSPS) is 10.2. The van der Waals surface area contributed by atoms with Crippen molar-refractivity contribution in [1.82, 2.24) is 4.98 Å². The zero-order chi connectivity index (χ0) is 10.7. The van der Waals surface area contributed by atoms with Crippen molar-refractivity contribution in [3.8, 4) is 6.07 Å². The second-order valence-electron chi connectivity index (χ2n) is 2.53. The van der Waals surface area contributed by atoms with Crippen LogP contribution >= 0.6 is 0 Å². The first-order valence-electron chi connectivity index (χ1n) is 3.63. The molecule has 0 unspecified atom stereocenters. The van der Waals surface area contributed by atoms with E-state index in [0.717, 1.165) is 6.07 Å². The summed E-state index contributed by atoms with van der Waals surface area (Å²) in [5, 5.41) is 8.26. The number of hydrogen-bond acceptors (Lipinski definition) is 2. The van der Waals surface area contributed by atoms with Crippen LogP contribution in [0.5, 0.6) is 0 Å². The maximum Gasteiger partial charge on any atom is 0.284 e. The van der Waals surface area contributed by atoms with Crippen molar-refractivity contribution in [2.24, 2.45) is 0 Å². The third kappa shape index (κ3) is 1.93. The van der Waals surface area contributed by atoms with Gasteiger partial charge in [0.25, 0.3) is 12.0 Å². The second kappa shape index (κ2) is 3.96. The van der Waals surface area contributed by atoms with Gasteiger partial charge in [0, 0.05) is 5.69 Å². The Morgan fingerprint density at radius 3 is 2.71 bits per heavy atom. The number of H-pyrrole nitrogens is 1. The molecule has 0 radical (unpaired) electrons. The van der Waals surface area contributed by atoms with Gasteiger partial charge in [0.05, 0.1) is 18.1 Å². The number of pyridine rings is 1. The highest BCUT2D eigenvalue weighted by molar-refractivity contribution is 5.21. The summed E-state index contributed by atoms with van der Waals surface area (Å²) in [6.45, 7) is 0. The Morgan fingerprint density at radius 1 is 1.57 bits per heavy atom. The van der Waals surface area contributed by atoms with Crippen LogP contribution < -0.4 is 5.56 Å². The number of alkyl halides is 2. The number of hydrogen-bond donors (Lipinski definition) is 1. The summed E-state index contributed by atoms with van der Waals surface area (Å²) in [7, 11) is 0.